The van der Waals surface area contributed by atoms with Crippen molar-refractivity contribution in [2.24, 2.45) is 5.92 Å². The van der Waals surface area contributed by atoms with Crippen molar-refractivity contribution in [1.29, 1.82) is 0 Å². The quantitative estimate of drug-likeness (QED) is 0.789. The second-order valence-corrected chi connectivity index (χ2v) is 6.99. The maximum atomic E-state index is 13.5. The lowest BCUT2D eigenvalue weighted by atomic mass is 10.1. The van der Waals surface area contributed by atoms with Gasteiger partial charge in [-0.1, -0.05) is 0 Å². The van der Waals surface area contributed by atoms with Crippen LogP contribution < -0.4 is 10.9 Å². The predicted octanol–water partition coefficient (Wildman–Crippen LogP) is 1.57. The molecule has 1 fully saturated rings. The number of carbonyl (C=O) groups is 1. The Kier molecular flexibility index (Phi) is 5.82. The Morgan fingerprint density at radius 1 is 1.59 bits per heavy atom. The number of rotatable bonds is 5. The van der Waals surface area contributed by atoms with Crippen LogP contribution in [0.25, 0.3) is 0 Å². The highest BCUT2D eigenvalue weighted by molar-refractivity contribution is 8.02. The number of anilines is 1. The molecule has 5 nitrogen and oxygen atoms in total. The Labute approximate surface area is 134 Å². The highest BCUT2D eigenvalue weighted by Gasteiger charge is 2.37. The zero-order valence-corrected chi connectivity index (χ0v) is 13.0. The first kappa shape index (κ1) is 17.2. The fourth-order valence-electron chi connectivity index (χ4n) is 2.18. The molecule has 0 radical (unpaired) electrons. The van der Waals surface area contributed by atoms with Gasteiger partial charge in [-0.25, -0.2) is 8.78 Å². The topological polar surface area (TPSA) is 71.3 Å². The molecule has 2 rings (SSSR count). The zero-order valence-electron chi connectivity index (χ0n) is 11.5. The van der Waals surface area contributed by atoms with Crippen molar-refractivity contribution in [3.05, 3.63) is 28.4 Å². The van der Waals surface area contributed by atoms with Gasteiger partial charge in [0.05, 0.1) is 22.2 Å². The molecule has 2 N–H and O–H groups in total. The molecular weight excluding hydrogens is 338 g/mol. The molecule has 3 atom stereocenters. The van der Waals surface area contributed by atoms with E-state index in [0.717, 1.165) is 10.6 Å². The van der Waals surface area contributed by atoms with Gasteiger partial charge in [0.2, 0.25) is 5.91 Å². The number of pyridine rings is 1. The minimum atomic E-state index is -1.06. The van der Waals surface area contributed by atoms with Crippen LogP contribution in [0.2, 0.25) is 0 Å². The number of aliphatic hydroxyl groups is 1. The molecule has 9 heteroatoms. The second-order valence-electron chi connectivity index (χ2n) is 4.91. The van der Waals surface area contributed by atoms with Crippen molar-refractivity contribution in [3.8, 4) is 0 Å². The number of carbonyl (C=O) groups excluding carboxylic acids is 1. The molecule has 0 aromatic carbocycles. The molecular formula is C13H15ClF2N2O3S. The van der Waals surface area contributed by atoms with Crippen LogP contribution >= 0.6 is 23.4 Å². The van der Waals surface area contributed by atoms with Crippen LogP contribution in [-0.2, 0) is 11.3 Å². The third kappa shape index (κ3) is 3.80. The van der Waals surface area contributed by atoms with Gasteiger partial charge in [-0.15, -0.1) is 23.4 Å². The van der Waals surface area contributed by atoms with E-state index < -0.39 is 29.2 Å². The Bertz CT molecular complexity index is 613. The van der Waals surface area contributed by atoms with Gasteiger partial charge in [-0.2, -0.15) is 0 Å². The highest BCUT2D eigenvalue weighted by Crippen LogP contribution is 2.40. The minimum absolute atomic E-state index is 0.0784. The normalized spacial score (nSPS) is 24.5. The number of thioether (sulfide) groups is 1. The van der Waals surface area contributed by atoms with Crippen LogP contribution in [0.15, 0.2) is 17.1 Å². The van der Waals surface area contributed by atoms with Crippen LogP contribution in [0, 0.1) is 11.7 Å². The molecule has 1 saturated heterocycles. The van der Waals surface area contributed by atoms with Crippen molar-refractivity contribution < 1.29 is 18.7 Å². The van der Waals surface area contributed by atoms with E-state index in [2.05, 4.69) is 5.32 Å². The predicted molar refractivity (Wildman–Crippen MR) is 81.5 cm³/mol. The average molecular weight is 353 g/mol. The van der Waals surface area contributed by atoms with E-state index in [-0.39, 0.29) is 29.5 Å². The molecule has 0 aliphatic carbocycles. The lowest BCUT2D eigenvalue weighted by Crippen LogP contribution is -2.27. The van der Waals surface area contributed by atoms with Crippen molar-refractivity contribution in [2.75, 3.05) is 18.6 Å². The van der Waals surface area contributed by atoms with Crippen LogP contribution in [-0.4, -0.2) is 38.8 Å². The molecule has 0 saturated carbocycles. The van der Waals surface area contributed by atoms with E-state index in [9.17, 15) is 18.4 Å². The first-order chi connectivity index (χ1) is 10.5. The third-order valence-electron chi connectivity index (χ3n) is 3.34. The van der Waals surface area contributed by atoms with Crippen LogP contribution in [0.4, 0.5) is 14.5 Å². The standard InChI is InChI=1S/C13H15ClF2N2O3S/c14-11-7(6-19)3-10(22-11)12(20)17-8-4-9(16)13(21)18(5-8)2-1-15/h4-5,7,10-11,19H,1-3,6H2,(H,17,20). The van der Waals surface area contributed by atoms with E-state index in [1.165, 1.54) is 18.0 Å². The maximum absolute atomic E-state index is 13.5. The molecule has 0 bridgehead atoms. The first-order valence-electron chi connectivity index (χ1n) is 6.63. The summed E-state index contributed by atoms with van der Waals surface area (Å²) in [7, 11) is 0. The summed E-state index contributed by atoms with van der Waals surface area (Å²) in [6, 6.07) is 0.899. The molecule has 22 heavy (non-hydrogen) atoms. The van der Waals surface area contributed by atoms with Crippen LogP contribution in [0.3, 0.4) is 0 Å². The summed E-state index contributed by atoms with van der Waals surface area (Å²) in [5, 5.41) is 11.2. The van der Waals surface area contributed by atoms with Crippen molar-refractivity contribution in [3.63, 3.8) is 0 Å². The maximum Gasteiger partial charge on any atom is 0.286 e. The molecule has 122 valence electrons. The number of nitrogens with one attached hydrogen (secondary N) is 1. The molecule has 1 aliphatic heterocycles. The molecule has 1 aliphatic rings. The fraction of sp³-hybridized carbons (Fsp3) is 0.538. The van der Waals surface area contributed by atoms with E-state index in [1.807, 2.05) is 0 Å². The lowest BCUT2D eigenvalue weighted by Gasteiger charge is -2.12. The van der Waals surface area contributed by atoms with Crippen molar-refractivity contribution in [1.82, 2.24) is 4.57 Å². The third-order valence-corrected chi connectivity index (χ3v) is 5.39. The van der Waals surface area contributed by atoms with Gasteiger partial charge in [0.15, 0.2) is 5.82 Å². The van der Waals surface area contributed by atoms with Gasteiger partial charge < -0.3 is 15.0 Å². The lowest BCUT2D eigenvalue weighted by molar-refractivity contribution is -0.115. The summed E-state index contributed by atoms with van der Waals surface area (Å²) in [6.45, 7) is -1.21. The van der Waals surface area contributed by atoms with Gasteiger partial charge >= 0.3 is 0 Å². The number of aromatic nitrogens is 1. The summed E-state index contributed by atoms with van der Waals surface area (Å²) in [6.07, 6.45) is 1.61. The van der Waals surface area contributed by atoms with Crippen LogP contribution in [0.5, 0.6) is 0 Å². The van der Waals surface area contributed by atoms with Gasteiger partial charge in [-0.3, -0.25) is 9.59 Å². The number of hydrogen-bond acceptors (Lipinski definition) is 4. The monoisotopic (exact) mass is 352 g/mol. The molecule has 2 heterocycles. The minimum Gasteiger partial charge on any atom is -0.396 e. The molecule has 1 aromatic rings. The Hall–Kier alpha value is -1.12. The number of amides is 1. The van der Waals surface area contributed by atoms with Gasteiger partial charge in [0.25, 0.3) is 5.56 Å². The highest BCUT2D eigenvalue weighted by atomic mass is 35.5. The SMILES string of the molecule is O=C(Nc1cc(F)c(=O)n(CCF)c1)C1CC(CO)C(Cl)S1. The smallest absolute Gasteiger partial charge is 0.286 e. The average Bonchev–Trinajstić information content (AvgIpc) is 2.85. The molecule has 1 amide bonds. The van der Waals surface area contributed by atoms with E-state index in [4.69, 9.17) is 16.7 Å². The Balaban J connectivity index is 2.10. The van der Waals surface area contributed by atoms with Gasteiger partial charge in [0, 0.05) is 24.8 Å². The summed E-state index contributed by atoms with van der Waals surface area (Å²) in [5.41, 5.74) is -0.859. The molecule has 0 spiro atoms. The summed E-state index contributed by atoms with van der Waals surface area (Å²) in [4.78, 5) is 23.6. The number of aliphatic hydroxyl groups excluding tert-OH is 1. The zero-order chi connectivity index (χ0) is 16.3. The fourth-order valence-corrected chi connectivity index (χ4v) is 4.01. The van der Waals surface area contributed by atoms with Gasteiger partial charge in [0.1, 0.15) is 6.67 Å². The summed E-state index contributed by atoms with van der Waals surface area (Å²) < 4.78 is 26.4. The largest absolute Gasteiger partial charge is 0.396 e. The number of aryl methyl sites for hydroxylation is 1. The van der Waals surface area contributed by atoms with E-state index >= 15 is 0 Å². The summed E-state index contributed by atoms with van der Waals surface area (Å²) in [5.74, 6) is -1.63. The Morgan fingerprint density at radius 2 is 2.32 bits per heavy atom. The number of alkyl halides is 2. The van der Waals surface area contributed by atoms with Crippen molar-refractivity contribution >= 4 is 35.0 Å². The van der Waals surface area contributed by atoms with Crippen molar-refractivity contribution in [2.45, 2.75) is 22.9 Å². The molecule has 1 aromatic heterocycles. The Morgan fingerprint density at radius 3 is 2.91 bits per heavy atom. The number of halogens is 3. The second kappa shape index (κ2) is 7.43. The van der Waals surface area contributed by atoms with Crippen LogP contribution in [0.1, 0.15) is 6.42 Å². The first-order valence-corrected chi connectivity index (χ1v) is 8.01. The number of nitrogens with zero attached hydrogens (tertiary/aromatic N) is 1. The summed E-state index contributed by atoms with van der Waals surface area (Å²) >= 11 is 7.23. The number of hydrogen-bond donors (Lipinski definition) is 2. The van der Waals surface area contributed by atoms with Gasteiger partial charge in [-0.05, 0) is 6.42 Å². The van der Waals surface area contributed by atoms with E-state index in [0.29, 0.717) is 6.42 Å². The van der Waals surface area contributed by atoms with E-state index in [1.54, 1.807) is 0 Å². The molecule has 3 unspecified atom stereocenters.